The fraction of sp³-hybridized carbons (Fsp3) is 0.118. The highest BCUT2D eigenvalue weighted by Crippen LogP contribution is 2.19. The summed E-state index contributed by atoms with van der Waals surface area (Å²) in [7, 11) is 1.57. The van der Waals surface area contributed by atoms with Gasteiger partial charge in [-0.1, -0.05) is 41.4 Å². The number of rotatable bonds is 5. The molecule has 0 aliphatic rings. The SMILES string of the molecule is COc1ccc(CNC(=O)C(=O)N/N=C\c2ccc(Cl)cc2Cl)cc1. The Morgan fingerprint density at radius 3 is 2.48 bits per heavy atom. The fourth-order valence-corrected chi connectivity index (χ4v) is 2.28. The van der Waals surface area contributed by atoms with Crippen molar-refractivity contribution in [1.29, 1.82) is 0 Å². The number of carbonyl (C=O) groups excluding carboxylic acids is 2. The number of methoxy groups -OCH3 is 1. The second-order valence-corrected chi connectivity index (χ2v) is 5.74. The van der Waals surface area contributed by atoms with E-state index in [-0.39, 0.29) is 6.54 Å². The van der Waals surface area contributed by atoms with E-state index in [0.29, 0.717) is 21.4 Å². The van der Waals surface area contributed by atoms with Crippen LogP contribution in [-0.4, -0.2) is 25.1 Å². The van der Waals surface area contributed by atoms with E-state index >= 15 is 0 Å². The quantitative estimate of drug-likeness (QED) is 0.476. The molecule has 0 aliphatic heterocycles. The van der Waals surface area contributed by atoms with Crippen molar-refractivity contribution in [2.75, 3.05) is 7.11 Å². The van der Waals surface area contributed by atoms with Gasteiger partial charge in [-0.25, -0.2) is 5.43 Å². The van der Waals surface area contributed by atoms with Gasteiger partial charge in [-0.3, -0.25) is 9.59 Å². The lowest BCUT2D eigenvalue weighted by Crippen LogP contribution is -2.37. The van der Waals surface area contributed by atoms with Crippen LogP contribution in [0.15, 0.2) is 47.6 Å². The van der Waals surface area contributed by atoms with Gasteiger partial charge in [0.05, 0.1) is 18.3 Å². The van der Waals surface area contributed by atoms with E-state index in [2.05, 4.69) is 15.8 Å². The zero-order valence-corrected chi connectivity index (χ0v) is 14.8. The number of benzene rings is 2. The number of hydrogen-bond acceptors (Lipinski definition) is 4. The highest BCUT2D eigenvalue weighted by Gasteiger charge is 2.12. The molecule has 2 amide bonds. The summed E-state index contributed by atoms with van der Waals surface area (Å²) in [5.74, 6) is -0.965. The number of nitrogens with one attached hydrogen (secondary N) is 2. The van der Waals surface area contributed by atoms with E-state index in [1.54, 1.807) is 49.6 Å². The number of halogens is 2. The van der Waals surface area contributed by atoms with E-state index in [0.717, 1.165) is 5.56 Å². The van der Waals surface area contributed by atoms with Crippen molar-refractivity contribution < 1.29 is 14.3 Å². The summed E-state index contributed by atoms with van der Waals surface area (Å²) < 4.78 is 5.04. The molecule has 0 aromatic heterocycles. The van der Waals surface area contributed by atoms with Crippen LogP contribution in [0, 0.1) is 0 Å². The van der Waals surface area contributed by atoms with E-state index in [9.17, 15) is 9.59 Å². The molecule has 0 bridgehead atoms. The molecule has 2 aromatic carbocycles. The number of nitrogens with zero attached hydrogens (tertiary/aromatic N) is 1. The third kappa shape index (κ3) is 5.77. The molecular formula is C17H15Cl2N3O3. The second kappa shape index (κ2) is 9.05. The van der Waals surface area contributed by atoms with Crippen LogP contribution < -0.4 is 15.5 Å². The van der Waals surface area contributed by atoms with Gasteiger partial charge < -0.3 is 10.1 Å². The molecule has 2 N–H and O–H groups in total. The first-order chi connectivity index (χ1) is 12.0. The molecular weight excluding hydrogens is 365 g/mol. The minimum absolute atomic E-state index is 0.211. The minimum Gasteiger partial charge on any atom is -0.497 e. The minimum atomic E-state index is -0.880. The van der Waals surface area contributed by atoms with Crippen LogP contribution in [0.1, 0.15) is 11.1 Å². The number of hydrogen-bond donors (Lipinski definition) is 2. The van der Waals surface area contributed by atoms with Crippen LogP contribution in [0.5, 0.6) is 5.75 Å². The number of amides is 2. The van der Waals surface area contributed by atoms with Crippen molar-refractivity contribution in [3.05, 3.63) is 63.6 Å². The normalized spacial score (nSPS) is 10.5. The molecule has 0 radical (unpaired) electrons. The van der Waals surface area contributed by atoms with Gasteiger partial charge in [0.15, 0.2) is 0 Å². The smallest absolute Gasteiger partial charge is 0.329 e. The molecule has 0 unspecified atom stereocenters. The lowest BCUT2D eigenvalue weighted by molar-refractivity contribution is -0.139. The summed E-state index contributed by atoms with van der Waals surface area (Å²) >= 11 is 11.8. The first-order valence-electron chi connectivity index (χ1n) is 7.19. The number of carbonyl (C=O) groups is 2. The summed E-state index contributed by atoms with van der Waals surface area (Å²) in [6.45, 7) is 0.211. The topological polar surface area (TPSA) is 79.8 Å². The van der Waals surface area contributed by atoms with Gasteiger partial charge >= 0.3 is 11.8 Å². The number of ether oxygens (including phenoxy) is 1. The van der Waals surface area contributed by atoms with Crippen molar-refractivity contribution in [2.45, 2.75) is 6.54 Å². The molecule has 0 aliphatic carbocycles. The molecule has 8 heteroatoms. The molecule has 130 valence electrons. The summed E-state index contributed by atoms with van der Waals surface area (Å²) in [4.78, 5) is 23.4. The molecule has 0 spiro atoms. The van der Waals surface area contributed by atoms with E-state index < -0.39 is 11.8 Å². The van der Waals surface area contributed by atoms with Crippen molar-refractivity contribution >= 4 is 41.2 Å². The predicted octanol–water partition coefficient (Wildman–Crippen LogP) is 2.77. The summed E-state index contributed by atoms with van der Waals surface area (Å²) in [5, 5.41) is 7.07. The zero-order valence-electron chi connectivity index (χ0n) is 13.3. The fourth-order valence-electron chi connectivity index (χ4n) is 1.82. The Morgan fingerprint density at radius 1 is 1.12 bits per heavy atom. The third-order valence-electron chi connectivity index (χ3n) is 3.15. The maximum atomic E-state index is 11.7. The first-order valence-corrected chi connectivity index (χ1v) is 7.94. The van der Waals surface area contributed by atoms with Crippen LogP contribution in [0.4, 0.5) is 0 Å². The predicted molar refractivity (Wildman–Crippen MR) is 97.0 cm³/mol. The second-order valence-electron chi connectivity index (χ2n) is 4.90. The maximum absolute atomic E-state index is 11.7. The molecule has 25 heavy (non-hydrogen) atoms. The molecule has 0 fully saturated rings. The van der Waals surface area contributed by atoms with Crippen LogP contribution in [-0.2, 0) is 16.1 Å². The Hall–Kier alpha value is -2.57. The monoisotopic (exact) mass is 379 g/mol. The third-order valence-corrected chi connectivity index (χ3v) is 3.71. The Bertz CT molecular complexity index is 792. The zero-order chi connectivity index (χ0) is 18.2. The van der Waals surface area contributed by atoms with E-state index in [4.69, 9.17) is 27.9 Å². The van der Waals surface area contributed by atoms with Gasteiger partial charge in [0, 0.05) is 17.1 Å². The number of hydrazone groups is 1. The first kappa shape index (κ1) is 18.8. The molecule has 0 heterocycles. The molecule has 2 aromatic rings. The van der Waals surface area contributed by atoms with Crippen LogP contribution in [0.2, 0.25) is 10.0 Å². The Kier molecular flexibility index (Phi) is 6.80. The van der Waals surface area contributed by atoms with Crippen molar-refractivity contribution in [3.8, 4) is 5.75 Å². The standard InChI is InChI=1S/C17H15Cl2N3O3/c1-25-14-6-2-11(3-7-14)9-20-16(23)17(24)22-21-10-12-4-5-13(18)8-15(12)19/h2-8,10H,9H2,1H3,(H,20,23)(H,22,24)/b21-10-. The summed E-state index contributed by atoms with van der Waals surface area (Å²) in [6, 6.07) is 11.9. The molecule has 2 rings (SSSR count). The van der Waals surface area contributed by atoms with Crippen LogP contribution in [0.3, 0.4) is 0 Å². The average molecular weight is 380 g/mol. The lowest BCUT2D eigenvalue weighted by Gasteiger charge is -2.05. The van der Waals surface area contributed by atoms with E-state index in [1.807, 2.05) is 0 Å². The van der Waals surface area contributed by atoms with Gasteiger partial charge in [-0.2, -0.15) is 5.10 Å². The van der Waals surface area contributed by atoms with Gasteiger partial charge in [0.2, 0.25) is 0 Å². The highest BCUT2D eigenvalue weighted by atomic mass is 35.5. The van der Waals surface area contributed by atoms with Crippen LogP contribution >= 0.6 is 23.2 Å². The van der Waals surface area contributed by atoms with Gasteiger partial charge in [0.1, 0.15) is 5.75 Å². The molecule has 0 saturated heterocycles. The Labute approximate surface area is 154 Å². The molecule has 0 saturated carbocycles. The van der Waals surface area contributed by atoms with Gasteiger partial charge in [-0.05, 0) is 29.8 Å². The molecule has 0 atom stereocenters. The van der Waals surface area contributed by atoms with Gasteiger partial charge in [-0.15, -0.1) is 0 Å². The average Bonchev–Trinajstić information content (AvgIpc) is 2.61. The maximum Gasteiger partial charge on any atom is 0.329 e. The molecule has 6 nitrogen and oxygen atoms in total. The van der Waals surface area contributed by atoms with Crippen molar-refractivity contribution in [2.24, 2.45) is 5.10 Å². The van der Waals surface area contributed by atoms with Gasteiger partial charge in [0.25, 0.3) is 0 Å². The summed E-state index contributed by atoms with van der Waals surface area (Å²) in [5.41, 5.74) is 3.53. The van der Waals surface area contributed by atoms with E-state index in [1.165, 1.54) is 6.21 Å². The van der Waals surface area contributed by atoms with Crippen molar-refractivity contribution in [1.82, 2.24) is 10.7 Å². The Balaban J connectivity index is 1.83. The van der Waals surface area contributed by atoms with Crippen LogP contribution in [0.25, 0.3) is 0 Å². The largest absolute Gasteiger partial charge is 0.497 e. The van der Waals surface area contributed by atoms with Crippen molar-refractivity contribution in [3.63, 3.8) is 0 Å². The highest BCUT2D eigenvalue weighted by molar-refractivity contribution is 6.36. The lowest BCUT2D eigenvalue weighted by atomic mass is 10.2. The Morgan fingerprint density at radius 2 is 1.84 bits per heavy atom. The summed E-state index contributed by atoms with van der Waals surface area (Å²) in [6.07, 6.45) is 1.33.